The van der Waals surface area contributed by atoms with Crippen LogP contribution in [0.2, 0.25) is 0 Å². The average molecular weight is 371 g/mol. The highest BCUT2D eigenvalue weighted by Gasteiger charge is 2.25. The molecule has 1 aromatic carbocycles. The van der Waals surface area contributed by atoms with Crippen molar-refractivity contribution in [2.45, 2.75) is 38.6 Å². The molecule has 0 atom stereocenters. The van der Waals surface area contributed by atoms with Crippen molar-refractivity contribution in [2.24, 2.45) is 0 Å². The zero-order valence-corrected chi connectivity index (χ0v) is 15.7. The molecule has 1 saturated heterocycles. The van der Waals surface area contributed by atoms with E-state index >= 15 is 0 Å². The minimum atomic E-state index is -0.979. The van der Waals surface area contributed by atoms with Crippen LogP contribution in [0.3, 0.4) is 0 Å². The van der Waals surface area contributed by atoms with Crippen molar-refractivity contribution in [3.63, 3.8) is 0 Å². The van der Waals surface area contributed by atoms with E-state index in [1.807, 2.05) is 24.3 Å². The Morgan fingerprint density at radius 2 is 1.89 bits per heavy atom. The lowest BCUT2D eigenvalue weighted by molar-refractivity contribution is -0.134. The summed E-state index contributed by atoms with van der Waals surface area (Å²) in [6.45, 7) is 5.52. The molecule has 7 heteroatoms. The van der Waals surface area contributed by atoms with Gasteiger partial charge in [-0.25, -0.2) is 4.79 Å². The van der Waals surface area contributed by atoms with Gasteiger partial charge in [0.1, 0.15) is 5.75 Å². The van der Waals surface area contributed by atoms with Gasteiger partial charge in [-0.05, 0) is 36.5 Å². The number of amides is 1. The van der Waals surface area contributed by atoms with Crippen molar-refractivity contribution in [3.8, 4) is 5.75 Å². The lowest BCUT2D eigenvalue weighted by Gasteiger charge is -2.32. The first kappa shape index (κ1) is 18.9. The minimum Gasteiger partial charge on any atom is -0.484 e. The van der Waals surface area contributed by atoms with Crippen molar-refractivity contribution in [1.29, 1.82) is 0 Å². The van der Waals surface area contributed by atoms with Crippen LogP contribution in [0.5, 0.6) is 5.75 Å². The molecule has 144 valence electrons. The van der Waals surface area contributed by atoms with Crippen molar-refractivity contribution >= 4 is 11.9 Å². The van der Waals surface area contributed by atoms with Crippen LogP contribution >= 0.6 is 0 Å². The third kappa shape index (κ3) is 4.67. The number of carbonyl (C=O) groups is 2. The molecule has 1 aliphatic rings. The molecule has 0 spiro atoms. The Balaban J connectivity index is 1.47. The van der Waals surface area contributed by atoms with Crippen molar-refractivity contribution in [2.75, 3.05) is 19.7 Å². The third-order valence-electron chi connectivity index (χ3n) is 4.95. The summed E-state index contributed by atoms with van der Waals surface area (Å²) in [6.07, 6.45) is 4.40. The van der Waals surface area contributed by atoms with Crippen molar-refractivity contribution in [1.82, 2.24) is 14.7 Å². The van der Waals surface area contributed by atoms with E-state index in [0.29, 0.717) is 24.8 Å². The largest absolute Gasteiger partial charge is 0.484 e. The quantitative estimate of drug-likeness (QED) is 0.844. The van der Waals surface area contributed by atoms with Gasteiger partial charge in [0.05, 0.1) is 17.8 Å². The smallest absolute Gasteiger partial charge is 0.338 e. The Morgan fingerprint density at radius 3 is 2.44 bits per heavy atom. The fourth-order valence-corrected chi connectivity index (χ4v) is 3.21. The molecule has 0 bridgehead atoms. The number of hydrogen-bond donors (Lipinski definition) is 1. The summed E-state index contributed by atoms with van der Waals surface area (Å²) in [5, 5.41) is 13.1. The van der Waals surface area contributed by atoms with Gasteiger partial charge in [0, 0.05) is 19.3 Å². The van der Waals surface area contributed by atoms with Crippen LogP contribution in [-0.4, -0.2) is 51.4 Å². The molecule has 2 heterocycles. The topological polar surface area (TPSA) is 84.7 Å². The van der Waals surface area contributed by atoms with E-state index in [-0.39, 0.29) is 24.1 Å². The second-order valence-corrected chi connectivity index (χ2v) is 7.14. The number of nitrogens with zero attached hydrogens (tertiary/aromatic N) is 3. The molecule has 1 N–H and O–H groups in total. The summed E-state index contributed by atoms with van der Waals surface area (Å²) in [7, 11) is 0. The number of benzene rings is 1. The predicted octanol–water partition coefficient (Wildman–Crippen LogP) is 2.95. The highest BCUT2D eigenvalue weighted by molar-refractivity contribution is 5.86. The number of carbonyl (C=O) groups excluding carboxylic acids is 1. The van der Waals surface area contributed by atoms with E-state index in [1.54, 1.807) is 15.8 Å². The third-order valence-corrected chi connectivity index (χ3v) is 4.95. The zero-order chi connectivity index (χ0) is 19.4. The molecule has 0 aliphatic carbocycles. The number of likely N-dealkylation sites (tertiary alicyclic amines) is 1. The van der Waals surface area contributed by atoms with Gasteiger partial charge in [0.2, 0.25) is 0 Å². The fraction of sp³-hybridized carbons (Fsp3) is 0.450. The number of piperidine rings is 1. The summed E-state index contributed by atoms with van der Waals surface area (Å²) in [6, 6.07) is 7.95. The van der Waals surface area contributed by atoms with E-state index in [0.717, 1.165) is 12.8 Å². The van der Waals surface area contributed by atoms with Gasteiger partial charge in [0.15, 0.2) is 6.61 Å². The second kappa shape index (κ2) is 8.24. The number of aromatic nitrogens is 2. The van der Waals surface area contributed by atoms with Crippen LogP contribution in [0.1, 0.15) is 54.6 Å². The van der Waals surface area contributed by atoms with Gasteiger partial charge in [-0.3, -0.25) is 9.48 Å². The van der Waals surface area contributed by atoms with Gasteiger partial charge in [0.25, 0.3) is 5.91 Å². The highest BCUT2D eigenvalue weighted by Crippen LogP contribution is 2.23. The first-order valence-corrected chi connectivity index (χ1v) is 9.22. The molecular formula is C20H25N3O4. The first-order chi connectivity index (χ1) is 12.9. The van der Waals surface area contributed by atoms with E-state index in [1.165, 1.54) is 11.8 Å². The Bertz CT molecular complexity index is 790. The monoisotopic (exact) mass is 371 g/mol. The number of rotatable bonds is 6. The standard InChI is InChI=1S/C20H25N3O4/c1-14(2)15-3-5-18(6-4-15)27-13-19(24)22-9-7-17(8-10-22)23-12-16(11-21-23)20(25)26/h3-6,11-12,14,17H,7-10,13H2,1-2H3,(H,25,26). The van der Waals surface area contributed by atoms with E-state index in [9.17, 15) is 9.59 Å². The highest BCUT2D eigenvalue weighted by atomic mass is 16.5. The molecule has 1 aliphatic heterocycles. The van der Waals surface area contributed by atoms with Crippen LogP contribution in [0.15, 0.2) is 36.7 Å². The molecule has 1 aromatic heterocycles. The maximum absolute atomic E-state index is 12.4. The number of ether oxygens (including phenoxy) is 1. The number of aromatic carboxylic acids is 1. The summed E-state index contributed by atoms with van der Waals surface area (Å²) in [5.74, 6) is 0.143. The van der Waals surface area contributed by atoms with Gasteiger partial charge >= 0.3 is 5.97 Å². The Hall–Kier alpha value is -2.83. The SMILES string of the molecule is CC(C)c1ccc(OCC(=O)N2CCC(n3cc(C(=O)O)cn3)CC2)cc1. The normalized spacial score (nSPS) is 15.1. The number of hydrogen-bond acceptors (Lipinski definition) is 4. The predicted molar refractivity (Wildman–Crippen MR) is 100 cm³/mol. The minimum absolute atomic E-state index is 0.0244. The van der Waals surface area contributed by atoms with Crippen molar-refractivity contribution < 1.29 is 19.4 Å². The number of carboxylic acids is 1. The summed E-state index contributed by atoms with van der Waals surface area (Å²) in [5.41, 5.74) is 1.42. The lowest BCUT2D eigenvalue weighted by Crippen LogP contribution is -2.41. The maximum atomic E-state index is 12.4. The fourth-order valence-electron chi connectivity index (χ4n) is 3.21. The zero-order valence-electron chi connectivity index (χ0n) is 15.7. The second-order valence-electron chi connectivity index (χ2n) is 7.14. The summed E-state index contributed by atoms with van der Waals surface area (Å²) in [4.78, 5) is 25.1. The molecule has 0 radical (unpaired) electrons. The van der Waals surface area contributed by atoms with Crippen LogP contribution in [-0.2, 0) is 4.79 Å². The van der Waals surface area contributed by atoms with Gasteiger partial charge < -0.3 is 14.7 Å². The molecule has 1 fully saturated rings. The molecule has 0 saturated carbocycles. The maximum Gasteiger partial charge on any atom is 0.338 e. The average Bonchev–Trinajstić information content (AvgIpc) is 3.17. The van der Waals surface area contributed by atoms with E-state index < -0.39 is 5.97 Å². The molecule has 1 amide bonds. The Kier molecular flexibility index (Phi) is 5.78. The van der Waals surface area contributed by atoms with Crippen LogP contribution in [0.4, 0.5) is 0 Å². The van der Waals surface area contributed by atoms with E-state index in [2.05, 4.69) is 18.9 Å². The molecule has 7 nitrogen and oxygen atoms in total. The van der Waals surface area contributed by atoms with Crippen LogP contribution in [0, 0.1) is 0 Å². The molecule has 2 aromatic rings. The first-order valence-electron chi connectivity index (χ1n) is 9.22. The Morgan fingerprint density at radius 1 is 1.22 bits per heavy atom. The Labute approximate surface area is 158 Å². The molecule has 0 unspecified atom stereocenters. The van der Waals surface area contributed by atoms with Crippen LogP contribution in [0.25, 0.3) is 0 Å². The van der Waals surface area contributed by atoms with Gasteiger partial charge in [-0.1, -0.05) is 26.0 Å². The van der Waals surface area contributed by atoms with Crippen molar-refractivity contribution in [3.05, 3.63) is 47.8 Å². The molecule has 3 rings (SSSR count). The van der Waals surface area contributed by atoms with Crippen LogP contribution < -0.4 is 4.74 Å². The summed E-state index contributed by atoms with van der Waals surface area (Å²) < 4.78 is 7.32. The van der Waals surface area contributed by atoms with E-state index in [4.69, 9.17) is 9.84 Å². The van der Waals surface area contributed by atoms with Gasteiger partial charge in [-0.2, -0.15) is 5.10 Å². The van der Waals surface area contributed by atoms with Gasteiger partial charge in [-0.15, -0.1) is 0 Å². The lowest BCUT2D eigenvalue weighted by atomic mass is 10.0. The summed E-state index contributed by atoms with van der Waals surface area (Å²) >= 11 is 0. The number of carboxylic acid groups (broad SMARTS) is 1. The molecular weight excluding hydrogens is 346 g/mol. The molecule has 27 heavy (non-hydrogen) atoms.